The number of thiophene rings is 1. The van der Waals surface area contributed by atoms with E-state index in [1.54, 1.807) is 65.2 Å². The number of hydrogen-bond donors (Lipinski definition) is 3. The van der Waals surface area contributed by atoms with E-state index in [2.05, 4.69) is 17.2 Å². The number of carboxylic acid groups (broad SMARTS) is 1. The van der Waals surface area contributed by atoms with Crippen LogP contribution in [0.25, 0.3) is 10.1 Å². The number of rotatable bonds is 14. The number of nitrogens with one attached hydrogen (secondary N) is 2. The predicted octanol–water partition coefficient (Wildman–Crippen LogP) is 7.00. The first-order valence-electron chi connectivity index (χ1n) is 19.6. The van der Waals surface area contributed by atoms with Crippen LogP contribution in [0.3, 0.4) is 0 Å². The Morgan fingerprint density at radius 1 is 1.02 bits per heavy atom. The van der Waals surface area contributed by atoms with Crippen LogP contribution in [0.15, 0.2) is 61.3 Å². The molecule has 59 heavy (non-hydrogen) atoms. The summed E-state index contributed by atoms with van der Waals surface area (Å²) in [7, 11) is 3.15. The molecule has 312 valence electrons. The lowest BCUT2D eigenvalue weighted by atomic mass is 10.00. The van der Waals surface area contributed by atoms with Gasteiger partial charge in [-0.25, -0.2) is 14.5 Å². The highest BCUT2D eigenvalue weighted by Crippen LogP contribution is 2.42. The molecule has 3 unspecified atom stereocenters. The largest absolute Gasteiger partial charge is 0.493 e. The van der Waals surface area contributed by atoms with E-state index in [4.69, 9.17) is 23.7 Å². The zero-order valence-corrected chi connectivity index (χ0v) is 33.7. The van der Waals surface area contributed by atoms with Crippen molar-refractivity contribution in [1.29, 1.82) is 0 Å². The molecule has 2 saturated heterocycles. The van der Waals surface area contributed by atoms with Gasteiger partial charge < -0.3 is 48.9 Å². The van der Waals surface area contributed by atoms with Crippen LogP contribution in [-0.4, -0.2) is 96.4 Å². The average Bonchev–Trinajstić information content (AvgIpc) is 3.82. The third kappa shape index (κ3) is 9.22. The van der Waals surface area contributed by atoms with Gasteiger partial charge in [0.1, 0.15) is 17.2 Å². The maximum Gasteiger partial charge on any atom is 0.416 e. The maximum absolute atomic E-state index is 14.2. The molecule has 0 radical (unpaired) electrons. The predicted molar refractivity (Wildman–Crippen MR) is 220 cm³/mol. The number of carboxylic acids is 1. The van der Waals surface area contributed by atoms with Crippen molar-refractivity contribution < 1.29 is 52.8 Å². The second-order valence-electron chi connectivity index (χ2n) is 14.5. The second kappa shape index (κ2) is 18.3. The molecule has 3 N–H and O–H groups in total. The van der Waals surface area contributed by atoms with Gasteiger partial charge in [0.05, 0.1) is 36.7 Å². The number of ether oxygens (including phenoxy) is 5. The monoisotopic (exact) mass is 829 g/mol. The second-order valence-corrected chi connectivity index (χ2v) is 15.6. The van der Waals surface area contributed by atoms with Crippen LogP contribution in [-0.2, 0) is 26.1 Å². The summed E-state index contributed by atoms with van der Waals surface area (Å²) in [6, 6.07) is 11.0. The number of aromatic nitrogens is 1. The van der Waals surface area contributed by atoms with E-state index in [0.717, 1.165) is 41.7 Å². The lowest BCUT2D eigenvalue weighted by molar-refractivity contribution is -0.198. The van der Waals surface area contributed by atoms with E-state index in [9.17, 15) is 29.1 Å². The Bertz CT molecular complexity index is 2250. The van der Waals surface area contributed by atoms with Gasteiger partial charge in [0.25, 0.3) is 11.8 Å². The summed E-state index contributed by atoms with van der Waals surface area (Å²) in [6.45, 7) is 4.75. The van der Waals surface area contributed by atoms with Crippen molar-refractivity contribution in [3.63, 3.8) is 0 Å². The van der Waals surface area contributed by atoms with Crippen LogP contribution in [0, 0.1) is 0 Å². The molecule has 0 bridgehead atoms. The van der Waals surface area contributed by atoms with Crippen molar-refractivity contribution in [1.82, 2.24) is 9.47 Å². The molecule has 3 aliphatic rings. The molecule has 17 heteroatoms. The van der Waals surface area contributed by atoms with Gasteiger partial charge in [-0.15, -0.1) is 11.3 Å². The van der Waals surface area contributed by atoms with E-state index in [1.807, 2.05) is 0 Å². The zero-order chi connectivity index (χ0) is 41.6. The van der Waals surface area contributed by atoms with Gasteiger partial charge in [-0.2, -0.15) is 0 Å². The number of carbonyl (C=O) groups is 5. The van der Waals surface area contributed by atoms with Crippen LogP contribution in [0.4, 0.5) is 21.9 Å². The molecule has 3 aliphatic heterocycles. The summed E-state index contributed by atoms with van der Waals surface area (Å²) in [5.74, 6) is -1.45. The Morgan fingerprint density at radius 3 is 2.61 bits per heavy atom. The molecule has 16 nitrogen and oxygen atoms in total. The summed E-state index contributed by atoms with van der Waals surface area (Å²) in [5, 5.41) is 15.7. The van der Waals surface area contributed by atoms with Crippen molar-refractivity contribution in [2.24, 2.45) is 7.05 Å². The summed E-state index contributed by atoms with van der Waals surface area (Å²) in [4.78, 5) is 69.0. The Kier molecular flexibility index (Phi) is 12.8. The SMILES string of the molecule is C=CCOC(=O)N1c2cc(OCCCC(=O)Nc3cc(C(=O)Nc4ccc5sc(C(=O)O)cc5c4)n(C)c3)c(OC)cc2C(=O)N2CCCCC2C1OC1CCCCO1. The number of hydrogen-bond acceptors (Lipinski definition) is 11. The first-order valence-corrected chi connectivity index (χ1v) is 20.4. The van der Waals surface area contributed by atoms with E-state index in [0.29, 0.717) is 54.9 Å². The van der Waals surface area contributed by atoms with Crippen LogP contribution in [0.2, 0.25) is 0 Å². The molecular formula is C42H47N5O11S. The lowest BCUT2D eigenvalue weighted by Gasteiger charge is -2.42. The Labute approximate surface area is 344 Å². The third-order valence-electron chi connectivity index (χ3n) is 10.4. The molecular weight excluding hydrogens is 783 g/mol. The molecule has 4 aromatic rings. The van der Waals surface area contributed by atoms with E-state index >= 15 is 0 Å². The Morgan fingerprint density at radius 2 is 1.85 bits per heavy atom. The molecule has 7 rings (SSSR count). The molecule has 4 amide bonds. The molecule has 0 spiro atoms. The lowest BCUT2D eigenvalue weighted by Crippen LogP contribution is -2.57. The molecule has 5 heterocycles. The number of piperidine rings is 1. The number of carbonyl (C=O) groups excluding carboxylic acids is 4. The quantitative estimate of drug-likeness (QED) is 0.0877. The average molecular weight is 830 g/mol. The number of aryl methyl sites for hydroxylation is 1. The minimum Gasteiger partial charge on any atom is -0.493 e. The molecule has 2 aromatic carbocycles. The first kappa shape index (κ1) is 41.3. The Balaban J connectivity index is 1.02. The van der Waals surface area contributed by atoms with Gasteiger partial charge in [0, 0.05) is 49.3 Å². The third-order valence-corrected chi connectivity index (χ3v) is 11.5. The van der Waals surface area contributed by atoms with Gasteiger partial charge in [-0.1, -0.05) is 12.7 Å². The zero-order valence-electron chi connectivity index (χ0n) is 32.9. The highest BCUT2D eigenvalue weighted by Gasteiger charge is 2.47. The minimum atomic E-state index is -1.01. The van der Waals surface area contributed by atoms with Crippen LogP contribution < -0.4 is 25.0 Å². The highest BCUT2D eigenvalue weighted by atomic mass is 32.1. The van der Waals surface area contributed by atoms with Gasteiger partial charge in [-0.05, 0) is 86.7 Å². The number of nitrogens with zero attached hydrogens (tertiary/aromatic N) is 3. The fraction of sp³-hybridized carbons (Fsp3) is 0.405. The fourth-order valence-electron chi connectivity index (χ4n) is 7.61. The number of amides is 4. The smallest absolute Gasteiger partial charge is 0.416 e. The first-order chi connectivity index (χ1) is 28.5. The molecule has 3 atom stereocenters. The van der Waals surface area contributed by atoms with Crippen LogP contribution in [0.1, 0.15) is 81.9 Å². The maximum atomic E-state index is 14.2. The summed E-state index contributed by atoms with van der Waals surface area (Å²) >= 11 is 1.15. The summed E-state index contributed by atoms with van der Waals surface area (Å²) in [5.41, 5.74) is 1.71. The van der Waals surface area contributed by atoms with Gasteiger partial charge in [0.2, 0.25) is 5.91 Å². The summed E-state index contributed by atoms with van der Waals surface area (Å²) in [6.07, 6.45) is 6.05. The number of aromatic carboxylic acids is 1. The van der Waals surface area contributed by atoms with Gasteiger partial charge in [-0.3, -0.25) is 14.4 Å². The topological polar surface area (TPSA) is 187 Å². The normalized spacial score (nSPS) is 18.9. The van der Waals surface area contributed by atoms with Crippen LogP contribution in [0.5, 0.6) is 11.5 Å². The van der Waals surface area contributed by atoms with Crippen molar-refractivity contribution in [2.75, 3.05) is 49.0 Å². The molecule has 0 aliphatic carbocycles. The van der Waals surface area contributed by atoms with Crippen molar-refractivity contribution in [3.8, 4) is 11.5 Å². The summed E-state index contributed by atoms with van der Waals surface area (Å²) < 4.78 is 32.3. The van der Waals surface area contributed by atoms with E-state index < -0.39 is 36.5 Å². The van der Waals surface area contributed by atoms with E-state index in [-0.39, 0.29) is 59.1 Å². The fourth-order valence-corrected chi connectivity index (χ4v) is 8.49. The molecule has 0 saturated carbocycles. The highest BCUT2D eigenvalue weighted by molar-refractivity contribution is 7.20. The van der Waals surface area contributed by atoms with Crippen molar-refractivity contribution in [3.05, 3.63) is 77.5 Å². The molecule has 2 aromatic heterocycles. The van der Waals surface area contributed by atoms with E-state index in [1.165, 1.54) is 18.1 Å². The van der Waals surface area contributed by atoms with Crippen molar-refractivity contribution in [2.45, 2.75) is 69.9 Å². The van der Waals surface area contributed by atoms with Gasteiger partial charge >= 0.3 is 12.1 Å². The number of fused-ring (bicyclic) bond motifs is 3. The number of methoxy groups -OCH3 is 1. The minimum absolute atomic E-state index is 0.0521. The number of anilines is 3. The van der Waals surface area contributed by atoms with Gasteiger partial charge in [0.15, 0.2) is 24.0 Å². The number of benzene rings is 2. The molecule has 2 fully saturated rings. The Hall–Kier alpha value is -5.91. The van der Waals surface area contributed by atoms with Crippen LogP contribution >= 0.6 is 11.3 Å². The van der Waals surface area contributed by atoms with Crippen molar-refractivity contribution >= 4 is 68.3 Å². The standard InChI is InChI=1S/C42H47N5O11S/c1-4-16-57-42(53)47-30-23-33(32(54-3)22-28(30)39(50)46-15-7-5-10-29(46)40(47)58-37-12-6-8-17-56-37)55-18-9-11-36(48)43-27-21-31(45(2)24-27)38(49)44-26-13-14-34-25(19-26)20-35(59-34)41(51)52/h4,13-14,19-24,29,37,40H,1,5-12,15-18H2,2-3H3,(H,43,48)(H,44,49)(H,51,52).